The molecule has 0 aliphatic rings. The lowest BCUT2D eigenvalue weighted by Gasteiger charge is -2.12. The summed E-state index contributed by atoms with van der Waals surface area (Å²) in [5, 5.41) is 6.00. The second kappa shape index (κ2) is 16.7. The molecule has 0 aliphatic heterocycles. The minimum atomic E-state index is 0.625. The fourth-order valence-electron chi connectivity index (χ4n) is 8.99. The molecule has 0 atom stereocenters. The summed E-state index contributed by atoms with van der Waals surface area (Å²) in [7, 11) is 0. The van der Waals surface area contributed by atoms with Crippen LogP contribution >= 0.6 is 0 Å². The first-order chi connectivity index (χ1) is 32.7. The minimum absolute atomic E-state index is 0.625. The maximum atomic E-state index is 5.20. The molecule has 308 valence electrons. The molecule has 12 aromatic rings. The summed E-state index contributed by atoms with van der Waals surface area (Å²) in [6, 6.07) is 85.4. The van der Waals surface area contributed by atoms with Gasteiger partial charge in [0.2, 0.25) is 0 Å². The fourth-order valence-corrected chi connectivity index (χ4v) is 8.99. The molecule has 4 heteroatoms. The third-order valence-electron chi connectivity index (χ3n) is 12.6. The van der Waals surface area contributed by atoms with Crippen molar-refractivity contribution in [1.82, 2.24) is 19.9 Å². The monoisotopic (exact) mass is 840 g/mol. The van der Waals surface area contributed by atoms with Crippen LogP contribution in [0.25, 0.3) is 122 Å². The highest BCUT2D eigenvalue weighted by atomic mass is 15.0. The van der Waals surface area contributed by atoms with E-state index in [4.69, 9.17) is 19.9 Å². The van der Waals surface area contributed by atoms with Crippen LogP contribution in [0.2, 0.25) is 0 Å². The summed E-state index contributed by atoms with van der Waals surface area (Å²) in [5.41, 5.74) is 15.1. The number of pyridine rings is 1. The normalized spacial score (nSPS) is 11.3. The number of benzene rings is 10. The molecule has 0 saturated heterocycles. The van der Waals surface area contributed by atoms with E-state index >= 15 is 0 Å². The molecule has 0 N–H and O–H groups in total. The van der Waals surface area contributed by atoms with E-state index in [9.17, 15) is 0 Å². The van der Waals surface area contributed by atoms with Crippen molar-refractivity contribution in [1.29, 1.82) is 0 Å². The van der Waals surface area contributed by atoms with Gasteiger partial charge in [0.25, 0.3) is 0 Å². The highest BCUT2D eigenvalue weighted by Gasteiger charge is 2.15. The first-order valence-corrected chi connectivity index (χ1v) is 22.3. The van der Waals surface area contributed by atoms with Crippen LogP contribution in [-0.2, 0) is 0 Å². The van der Waals surface area contributed by atoms with Crippen molar-refractivity contribution >= 4 is 32.4 Å². The zero-order valence-electron chi connectivity index (χ0n) is 35.9. The average Bonchev–Trinajstić information content (AvgIpc) is 3.41. The molecule has 0 bridgehead atoms. The van der Waals surface area contributed by atoms with Crippen LogP contribution in [0.5, 0.6) is 0 Å². The van der Waals surface area contributed by atoms with E-state index in [0.717, 1.165) is 72.2 Å². The lowest BCUT2D eigenvalue weighted by molar-refractivity contribution is 1.07. The van der Waals surface area contributed by atoms with Gasteiger partial charge in [-0.05, 0) is 78.9 Å². The van der Waals surface area contributed by atoms with Crippen molar-refractivity contribution in [2.45, 2.75) is 0 Å². The zero-order chi connectivity index (χ0) is 43.8. The highest BCUT2D eigenvalue weighted by Crippen LogP contribution is 2.37. The summed E-state index contributed by atoms with van der Waals surface area (Å²) < 4.78 is 0. The fraction of sp³-hybridized carbons (Fsp3) is 0. The van der Waals surface area contributed by atoms with Crippen molar-refractivity contribution in [3.63, 3.8) is 0 Å². The van der Waals surface area contributed by atoms with E-state index in [0.29, 0.717) is 17.5 Å². The Bertz CT molecular complexity index is 3580. The van der Waals surface area contributed by atoms with Gasteiger partial charge < -0.3 is 0 Å². The molecule has 4 nitrogen and oxygen atoms in total. The van der Waals surface area contributed by atoms with E-state index in [1.165, 1.54) is 32.7 Å². The first kappa shape index (κ1) is 38.8. The number of aromatic nitrogens is 4. The number of hydrogen-bond donors (Lipinski definition) is 0. The first-order valence-electron chi connectivity index (χ1n) is 22.3. The van der Waals surface area contributed by atoms with Gasteiger partial charge >= 0.3 is 0 Å². The van der Waals surface area contributed by atoms with Crippen LogP contribution in [-0.4, -0.2) is 19.9 Å². The van der Waals surface area contributed by atoms with Crippen molar-refractivity contribution < 1.29 is 0 Å². The topological polar surface area (TPSA) is 51.6 Å². The third kappa shape index (κ3) is 7.47. The average molecular weight is 841 g/mol. The van der Waals surface area contributed by atoms with Gasteiger partial charge in [-0.1, -0.05) is 224 Å². The molecule has 12 rings (SSSR count). The number of rotatable bonds is 8. The molecule has 66 heavy (non-hydrogen) atoms. The van der Waals surface area contributed by atoms with Crippen molar-refractivity contribution in [2.75, 3.05) is 0 Å². The molecule has 2 heterocycles. The summed E-state index contributed by atoms with van der Waals surface area (Å²) in [4.78, 5) is 20.3. The van der Waals surface area contributed by atoms with Gasteiger partial charge in [0.1, 0.15) is 0 Å². The molecule has 2 aromatic heterocycles. The minimum Gasteiger partial charge on any atom is -0.247 e. The van der Waals surface area contributed by atoms with Crippen LogP contribution in [0.4, 0.5) is 0 Å². The SMILES string of the molecule is c1ccc(-c2ccc(-c3nc(-c4ccc(-c5ccccc5)cc4)nc(-c4ccc(-c5ccc(-c6ccc(-c7nc8ccccc8c8cc9ccccc9cc78)cc6)cc5)cc4)n3)cc2)cc1. The Morgan fingerprint density at radius 3 is 0.909 bits per heavy atom. The molecule has 0 unspecified atom stereocenters. The molecule has 0 saturated carbocycles. The van der Waals surface area contributed by atoms with Crippen molar-refractivity contribution in [2.24, 2.45) is 0 Å². The standard InChI is InChI=1S/C62H40N4/c1-3-11-41(12-4-1)43-25-33-50(34-26-43)60-64-61(51-35-27-44(28-36-51)42-13-5-2-6-14-42)66-62(65-60)52-37-29-48(30-38-52)46-21-19-45(20-22-46)47-23-31-49(32-24-47)59-57-40-54-16-8-7-15-53(54)39-56(57)55-17-9-10-18-58(55)63-59/h1-40H. The predicted octanol–water partition coefficient (Wildman–Crippen LogP) is 16.1. The largest absolute Gasteiger partial charge is 0.247 e. The Hall–Kier alpha value is -8.86. The highest BCUT2D eigenvalue weighted by molar-refractivity contribution is 6.15. The number of fused-ring (bicyclic) bond motifs is 4. The maximum Gasteiger partial charge on any atom is 0.164 e. The van der Waals surface area contributed by atoms with Gasteiger partial charge in [0.05, 0.1) is 11.2 Å². The Morgan fingerprint density at radius 1 is 0.197 bits per heavy atom. The van der Waals surface area contributed by atoms with E-state index < -0.39 is 0 Å². The van der Waals surface area contributed by atoms with Crippen LogP contribution < -0.4 is 0 Å². The number of nitrogens with zero attached hydrogens (tertiary/aromatic N) is 4. The van der Waals surface area contributed by atoms with Gasteiger partial charge in [-0.2, -0.15) is 0 Å². The van der Waals surface area contributed by atoms with Crippen LogP contribution in [0, 0.1) is 0 Å². The second-order valence-electron chi connectivity index (χ2n) is 16.6. The maximum absolute atomic E-state index is 5.20. The Morgan fingerprint density at radius 2 is 0.500 bits per heavy atom. The lowest BCUT2D eigenvalue weighted by atomic mass is 9.95. The van der Waals surface area contributed by atoms with E-state index in [1.807, 2.05) is 12.1 Å². The van der Waals surface area contributed by atoms with Crippen molar-refractivity contribution in [3.05, 3.63) is 243 Å². The lowest BCUT2D eigenvalue weighted by Crippen LogP contribution is -2.00. The van der Waals surface area contributed by atoms with E-state index in [-0.39, 0.29) is 0 Å². The van der Waals surface area contributed by atoms with Gasteiger partial charge in [-0.25, -0.2) is 19.9 Å². The number of hydrogen-bond acceptors (Lipinski definition) is 4. The summed E-state index contributed by atoms with van der Waals surface area (Å²) in [6.45, 7) is 0. The Kier molecular flexibility index (Phi) is 9.81. The van der Waals surface area contributed by atoms with E-state index in [2.05, 4.69) is 231 Å². The summed E-state index contributed by atoms with van der Waals surface area (Å²) in [5.74, 6) is 1.88. The summed E-state index contributed by atoms with van der Waals surface area (Å²) in [6.07, 6.45) is 0. The molecular weight excluding hydrogens is 801 g/mol. The van der Waals surface area contributed by atoms with Gasteiger partial charge in [-0.3, -0.25) is 0 Å². The molecule has 0 spiro atoms. The van der Waals surface area contributed by atoms with Gasteiger partial charge in [-0.15, -0.1) is 0 Å². The third-order valence-corrected chi connectivity index (χ3v) is 12.6. The van der Waals surface area contributed by atoms with Crippen LogP contribution in [0.3, 0.4) is 0 Å². The smallest absolute Gasteiger partial charge is 0.164 e. The summed E-state index contributed by atoms with van der Waals surface area (Å²) >= 11 is 0. The molecule has 0 radical (unpaired) electrons. The molecule has 0 fully saturated rings. The zero-order valence-corrected chi connectivity index (χ0v) is 35.9. The quantitative estimate of drug-likeness (QED) is 0.113. The van der Waals surface area contributed by atoms with Crippen LogP contribution in [0.1, 0.15) is 0 Å². The Balaban J connectivity index is 0.830. The molecule has 0 amide bonds. The number of para-hydroxylation sites is 1. The van der Waals surface area contributed by atoms with Gasteiger partial charge in [0.15, 0.2) is 17.5 Å². The molecule has 0 aliphatic carbocycles. The van der Waals surface area contributed by atoms with Crippen molar-refractivity contribution in [3.8, 4) is 89.9 Å². The van der Waals surface area contributed by atoms with Gasteiger partial charge in [0, 0.05) is 33.0 Å². The molecule has 10 aromatic carbocycles. The molecular formula is C62H40N4. The van der Waals surface area contributed by atoms with E-state index in [1.54, 1.807) is 0 Å². The van der Waals surface area contributed by atoms with Crippen LogP contribution in [0.15, 0.2) is 243 Å². The second-order valence-corrected chi connectivity index (χ2v) is 16.6. The predicted molar refractivity (Wildman–Crippen MR) is 274 cm³/mol. The Labute approximate surface area is 383 Å².